The summed E-state index contributed by atoms with van der Waals surface area (Å²) in [6, 6.07) is 2.83. The molecule has 2 saturated carbocycles. The molecule has 11 heavy (non-hydrogen) atoms. The Morgan fingerprint density at radius 1 is 1.55 bits per heavy atom. The van der Waals surface area contributed by atoms with Crippen molar-refractivity contribution >= 4 is 0 Å². The van der Waals surface area contributed by atoms with Crippen molar-refractivity contribution in [3.8, 4) is 6.07 Å². The lowest BCUT2D eigenvalue weighted by molar-refractivity contribution is 0.249. The van der Waals surface area contributed by atoms with E-state index in [1.807, 2.05) is 0 Å². The Labute approximate surface area is 67.4 Å². The third-order valence-corrected chi connectivity index (χ3v) is 3.59. The Hall–Kier alpha value is -0.550. The summed E-state index contributed by atoms with van der Waals surface area (Å²) < 4.78 is 0. The number of nitrogens with zero attached hydrogens (tertiary/aromatic N) is 1. The molecule has 2 aliphatic carbocycles. The maximum Gasteiger partial charge on any atom is 0.0689 e. The molecule has 0 aromatic heterocycles. The highest BCUT2D eigenvalue weighted by Gasteiger charge is 2.51. The van der Waals surface area contributed by atoms with Gasteiger partial charge >= 0.3 is 0 Å². The SMILES string of the molecule is C[C@@]1(C#N)C[C@H]2C[C@H]1C[C@H]2N. The molecule has 2 fully saturated rings. The van der Waals surface area contributed by atoms with Crippen LogP contribution in [0.4, 0.5) is 0 Å². The molecule has 2 bridgehead atoms. The molecule has 0 aromatic rings. The summed E-state index contributed by atoms with van der Waals surface area (Å²) in [4.78, 5) is 0. The van der Waals surface area contributed by atoms with Gasteiger partial charge in [-0.2, -0.15) is 5.26 Å². The summed E-state index contributed by atoms with van der Waals surface area (Å²) in [6.07, 6.45) is 3.31. The van der Waals surface area contributed by atoms with Crippen LogP contribution in [0.2, 0.25) is 0 Å². The van der Waals surface area contributed by atoms with Crippen molar-refractivity contribution < 1.29 is 0 Å². The Morgan fingerprint density at radius 3 is 2.64 bits per heavy atom. The summed E-state index contributed by atoms with van der Waals surface area (Å²) in [5, 5.41) is 8.94. The second-order valence-corrected chi connectivity index (χ2v) is 4.33. The molecule has 0 amide bonds. The summed E-state index contributed by atoms with van der Waals surface area (Å²) in [5.74, 6) is 1.23. The van der Waals surface area contributed by atoms with Crippen molar-refractivity contribution in [3.63, 3.8) is 0 Å². The minimum Gasteiger partial charge on any atom is -0.327 e. The van der Waals surface area contributed by atoms with Crippen LogP contribution < -0.4 is 5.73 Å². The van der Waals surface area contributed by atoms with E-state index in [9.17, 15) is 0 Å². The van der Waals surface area contributed by atoms with E-state index >= 15 is 0 Å². The van der Waals surface area contributed by atoms with Crippen LogP contribution in [0.1, 0.15) is 26.2 Å². The number of nitrogens with two attached hydrogens (primary N) is 1. The number of hydrogen-bond acceptors (Lipinski definition) is 2. The van der Waals surface area contributed by atoms with Crippen LogP contribution in [0.3, 0.4) is 0 Å². The molecule has 0 aromatic carbocycles. The minimum atomic E-state index is -0.0411. The lowest BCUT2D eigenvalue weighted by Crippen LogP contribution is -2.34. The smallest absolute Gasteiger partial charge is 0.0689 e. The lowest BCUT2D eigenvalue weighted by atomic mass is 9.75. The van der Waals surface area contributed by atoms with Gasteiger partial charge in [0.15, 0.2) is 0 Å². The molecule has 2 heteroatoms. The van der Waals surface area contributed by atoms with Gasteiger partial charge in [-0.15, -0.1) is 0 Å². The van der Waals surface area contributed by atoms with E-state index in [4.69, 9.17) is 11.0 Å². The minimum absolute atomic E-state index is 0.0411. The highest BCUT2D eigenvalue weighted by atomic mass is 14.7. The van der Waals surface area contributed by atoms with E-state index in [1.54, 1.807) is 0 Å². The van der Waals surface area contributed by atoms with Crippen molar-refractivity contribution in [2.24, 2.45) is 23.0 Å². The fourth-order valence-electron chi connectivity index (χ4n) is 2.76. The summed E-state index contributed by atoms with van der Waals surface area (Å²) in [7, 11) is 0. The van der Waals surface area contributed by atoms with E-state index in [0.717, 1.165) is 12.8 Å². The van der Waals surface area contributed by atoms with Gasteiger partial charge in [0.25, 0.3) is 0 Å². The van der Waals surface area contributed by atoms with Crippen LogP contribution in [0.25, 0.3) is 0 Å². The van der Waals surface area contributed by atoms with Gasteiger partial charge in [-0.25, -0.2) is 0 Å². The molecule has 0 aliphatic heterocycles. The normalized spacial score (nSPS) is 54.5. The number of nitriles is 1. The van der Waals surface area contributed by atoms with Crippen LogP contribution in [0.5, 0.6) is 0 Å². The molecule has 2 aliphatic rings. The zero-order valence-corrected chi connectivity index (χ0v) is 6.88. The molecular formula is C9H14N2. The van der Waals surface area contributed by atoms with E-state index in [0.29, 0.717) is 17.9 Å². The van der Waals surface area contributed by atoms with Crippen LogP contribution in [-0.4, -0.2) is 6.04 Å². The van der Waals surface area contributed by atoms with Gasteiger partial charge in [0.1, 0.15) is 0 Å². The van der Waals surface area contributed by atoms with E-state index in [-0.39, 0.29) is 5.41 Å². The van der Waals surface area contributed by atoms with Gasteiger partial charge < -0.3 is 5.73 Å². The molecule has 0 unspecified atom stereocenters. The Bertz CT molecular complexity index is 216. The lowest BCUT2D eigenvalue weighted by Gasteiger charge is -2.29. The molecular weight excluding hydrogens is 136 g/mol. The molecule has 2 nitrogen and oxygen atoms in total. The van der Waals surface area contributed by atoms with Crippen molar-refractivity contribution in [2.45, 2.75) is 32.2 Å². The predicted octanol–water partition coefficient (Wildman–Crippen LogP) is 1.27. The number of hydrogen-bond donors (Lipinski definition) is 1. The second kappa shape index (κ2) is 1.98. The second-order valence-electron chi connectivity index (χ2n) is 4.33. The van der Waals surface area contributed by atoms with Gasteiger partial charge in [-0.3, -0.25) is 0 Å². The Balaban J connectivity index is 2.21. The quantitative estimate of drug-likeness (QED) is 0.565. The first kappa shape index (κ1) is 7.12. The van der Waals surface area contributed by atoms with Gasteiger partial charge in [0.2, 0.25) is 0 Å². The van der Waals surface area contributed by atoms with Crippen LogP contribution in [0.15, 0.2) is 0 Å². The molecule has 4 atom stereocenters. The highest BCUT2D eigenvalue weighted by Crippen LogP contribution is 2.54. The predicted molar refractivity (Wildman–Crippen MR) is 42.5 cm³/mol. The fraction of sp³-hybridized carbons (Fsp3) is 0.889. The van der Waals surface area contributed by atoms with E-state index in [2.05, 4.69) is 13.0 Å². The zero-order valence-electron chi connectivity index (χ0n) is 6.88. The third-order valence-electron chi connectivity index (χ3n) is 3.59. The maximum atomic E-state index is 8.94. The molecule has 2 rings (SSSR count). The van der Waals surface area contributed by atoms with Crippen LogP contribution in [-0.2, 0) is 0 Å². The number of fused-ring (bicyclic) bond motifs is 2. The fourth-order valence-corrected chi connectivity index (χ4v) is 2.76. The van der Waals surface area contributed by atoms with Crippen molar-refractivity contribution in [2.75, 3.05) is 0 Å². The topological polar surface area (TPSA) is 49.8 Å². The van der Waals surface area contributed by atoms with Crippen LogP contribution in [0, 0.1) is 28.6 Å². The van der Waals surface area contributed by atoms with Gasteiger partial charge in [0.05, 0.1) is 11.5 Å². The molecule has 60 valence electrons. The summed E-state index contributed by atoms with van der Waals surface area (Å²) in [6.45, 7) is 2.09. The Kier molecular flexibility index (Phi) is 1.28. The summed E-state index contributed by atoms with van der Waals surface area (Å²) in [5.41, 5.74) is 5.85. The maximum absolute atomic E-state index is 8.94. The van der Waals surface area contributed by atoms with Gasteiger partial charge in [0, 0.05) is 6.04 Å². The molecule has 2 N–H and O–H groups in total. The monoisotopic (exact) mass is 150 g/mol. The first-order valence-electron chi connectivity index (χ1n) is 4.32. The Morgan fingerprint density at radius 2 is 2.27 bits per heavy atom. The van der Waals surface area contributed by atoms with Crippen molar-refractivity contribution in [3.05, 3.63) is 0 Å². The average molecular weight is 150 g/mol. The van der Waals surface area contributed by atoms with Crippen molar-refractivity contribution in [1.29, 1.82) is 5.26 Å². The standard InChI is InChI=1S/C9H14N2/c1-9(5-10)4-6-2-7(9)3-8(6)11/h6-8H,2-4,11H2,1H3/t6-,7+,8-,9+/m1/s1. The van der Waals surface area contributed by atoms with Gasteiger partial charge in [-0.05, 0) is 38.0 Å². The van der Waals surface area contributed by atoms with Crippen molar-refractivity contribution in [1.82, 2.24) is 0 Å². The zero-order chi connectivity index (χ0) is 8.06. The van der Waals surface area contributed by atoms with E-state index < -0.39 is 0 Å². The first-order valence-corrected chi connectivity index (χ1v) is 4.32. The number of rotatable bonds is 0. The highest BCUT2D eigenvalue weighted by molar-refractivity contribution is 5.12. The molecule has 0 radical (unpaired) electrons. The third kappa shape index (κ3) is 0.810. The molecule has 0 heterocycles. The first-order chi connectivity index (χ1) is 5.15. The van der Waals surface area contributed by atoms with E-state index in [1.165, 1.54) is 6.42 Å². The molecule has 0 spiro atoms. The summed E-state index contributed by atoms with van der Waals surface area (Å²) >= 11 is 0. The average Bonchev–Trinajstić information content (AvgIpc) is 2.45. The largest absolute Gasteiger partial charge is 0.327 e. The van der Waals surface area contributed by atoms with Crippen LogP contribution >= 0.6 is 0 Å². The van der Waals surface area contributed by atoms with Gasteiger partial charge in [-0.1, -0.05) is 0 Å². The molecule has 0 saturated heterocycles.